The molecule has 28 heavy (non-hydrogen) atoms. The fourth-order valence-electron chi connectivity index (χ4n) is 3.46. The first-order valence-corrected chi connectivity index (χ1v) is 11.5. The van der Waals surface area contributed by atoms with Crippen molar-refractivity contribution in [2.45, 2.75) is 25.1 Å². The van der Waals surface area contributed by atoms with Crippen molar-refractivity contribution in [2.75, 3.05) is 20.0 Å². The first kappa shape index (κ1) is 18.9. The summed E-state index contributed by atoms with van der Waals surface area (Å²) in [4.78, 5) is 18.8. The quantitative estimate of drug-likeness (QED) is 0.629. The highest BCUT2D eigenvalue weighted by molar-refractivity contribution is 7.90. The molecule has 7 nitrogen and oxygen atoms in total. The lowest BCUT2D eigenvalue weighted by molar-refractivity contribution is 0.393. The fourth-order valence-corrected chi connectivity index (χ4v) is 6.44. The number of thiophene rings is 1. The first-order valence-electron chi connectivity index (χ1n) is 8.82. The Morgan fingerprint density at radius 2 is 1.89 bits per heavy atom. The van der Waals surface area contributed by atoms with Crippen LogP contribution in [0.2, 0.25) is 0 Å². The molecule has 3 heterocycles. The Hall–Kier alpha value is -2.39. The van der Waals surface area contributed by atoms with E-state index < -0.39 is 9.84 Å². The molecule has 0 atom stereocenters. The van der Waals surface area contributed by atoms with Gasteiger partial charge in [-0.25, -0.2) is 13.4 Å². The monoisotopic (exact) mass is 420 g/mol. The van der Waals surface area contributed by atoms with E-state index in [0.717, 1.165) is 16.0 Å². The lowest BCUT2D eigenvalue weighted by Gasteiger charge is -2.12. The number of hydrogen-bond acceptors (Lipinski definition) is 7. The molecule has 1 aromatic carbocycles. The predicted octanol–water partition coefficient (Wildman–Crippen LogP) is 2.19. The number of aryl methyl sites for hydroxylation is 3. The summed E-state index contributed by atoms with van der Waals surface area (Å²) in [5.41, 5.74) is 1.73. The van der Waals surface area contributed by atoms with Gasteiger partial charge in [0.2, 0.25) is 0 Å². The summed E-state index contributed by atoms with van der Waals surface area (Å²) in [5, 5.41) is 0.570. The Kier molecular flexibility index (Phi) is 4.88. The maximum atomic E-state index is 13.0. The van der Waals surface area contributed by atoms with Crippen LogP contribution in [0.3, 0.4) is 0 Å². The topological polar surface area (TPSA) is 87.5 Å². The van der Waals surface area contributed by atoms with Gasteiger partial charge in [-0.05, 0) is 36.1 Å². The standard InChI is InChI=1S/C19H20N2O5S2/c1-25-13-7-12(8-14(9-13)26-2)3-5-21-11-20-18-17(19(21)22)15-4-6-28(23,24)10-16(15)27-18/h7-9,11H,3-6,10H2,1-2H3. The third kappa shape index (κ3) is 3.51. The lowest BCUT2D eigenvalue weighted by Crippen LogP contribution is -2.23. The van der Waals surface area contributed by atoms with Crippen molar-refractivity contribution in [1.29, 1.82) is 0 Å². The van der Waals surface area contributed by atoms with Gasteiger partial charge in [-0.1, -0.05) is 0 Å². The molecule has 2 aromatic heterocycles. The second-order valence-electron chi connectivity index (χ2n) is 6.74. The number of nitrogens with zero attached hydrogens (tertiary/aromatic N) is 2. The van der Waals surface area contributed by atoms with Crippen LogP contribution in [0.1, 0.15) is 16.0 Å². The number of rotatable bonds is 5. The summed E-state index contributed by atoms with van der Waals surface area (Å²) in [5.74, 6) is 1.49. The van der Waals surface area contributed by atoms with Gasteiger partial charge in [0.15, 0.2) is 9.84 Å². The molecule has 148 valence electrons. The van der Waals surface area contributed by atoms with E-state index in [9.17, 15) is 13.2 Å². The van der Waals surface area contributed by atoms with Gasteiger partial charge in [-0.15, -0.1) is 11.3 Å². The van der Waals surface area contributed by atoms with Crippen molar-refractivity contribution in [3.05, 3.63) is 50.9 Å². The number of fused-ring (bicyclic) bond motifs is 3. The van der Waals surface area contributed by atoms with Crippen LogP contribution in [0, 0.1) is 0 Å². The largest absolute Gasteiger partial charge is 0.497 e. The molecule has 0 unspecified atom stereocenters. The van der Waals surface area contributed by atoms with Crippen molar-refractivity contribution >= 4 is 31.4 Å². The SMILES string of the molecule is COc1cc(CCn2cnc3sc4c(c3c2=O)CCS(=O)(=O)C4)cc(OC)c1. The van der Waals surface area contributed by atoms with Crippen LogP contribution in [0.4, 0.5) is 0 Å². The minimum atomic E-state index is -3.08. The van der Waals surface area contributed by atoms with Gasteiger partial charge < -0.3 is 9.47 Å². The van der Waals surface area contributed by atoms with Crippen molar-refractivity contribution in [2.24, 2.45) is 0 Å². The minimum Gasteiger partial charge on any atom is -0.497 e. The molecule has 0 saturated carbocycles. The molecule has 4 rings (SSSR count). The molecule has 3 aromatic rings. The van der Waals surface area contributed by atoms with Gasteiger partial charge in [0.05, 0.1) is 37.4 Å². The third-order valence-corrected chi connectivity index (χ3v) is 7.81. The Morgan fingerprint density at radius 3 is 2.57 bits per heavy atom. The number of aromatic nitrogens is 2. The molecule has 0 saturated heterocycles. The molecule has 0 N–H and O–H groups in total. The number of benzene rings is 1. The van der Waals surface area contributed by atoms with Crippen molar-refractivity contribution in [3.8, 4) is 11.5 Å². The van der Waals surface area contributed by atoms with E-state index in [1.807, 2.05) is 12.1 Å². The van der Waals surface area contributed by atoms with Gasteiger partial charge in [-0.3, -0.25) is 9.36 Å². The van der Waals surface area contributed by atoms with Crippen molar-refractivity contribution in [3.63, 3.8) is 0 Å². The second kappa shape index (κ2) is 7.21. The highest BCUT2D eigenvalue weighted by Crippen LogP contribution is 2.33. The van der Waals surface area contributed by atoms with Crippen molar-refractivity contribution < 1.29 is 17.9 Å². The molecule has 0 amide bonds. The smallest absolute Gasteiger partial charge is 0.262 e. The minimum absolute atomic E-state index is 0.00635. The zero-order valence-electron chi connectivity index (χ0n) is 15.6. The summed E-state index contributed by atoms with van der Waals surface area (Å²) >= 11 is 1.31. The summed E-state index contributed by atoms with van der Waals surface area (Å²) < 4.78 is 35.9. The first-order chi connectivity index (χ1) is 13.4. The Labute approximate surface area is 166 Å². The van der Waals surface area contributed by atoms with E-state index in [1.165, 1.54) is 11.3 Å². The van der Waals surface area contributed by atoms with Crippen LogP contribution >= 0.6 is 11.3 Å². The summed E-state index contributed by atoms with van der Waals surface area (Å²) in [7, 11) is 0.120. The number of hydrogen-bond donors (Lipinski definition) is 0. The summed E-state index contributed by atoms with van der Waals surface area (Å²) in [6, 6.07) is 5.63. The number of methoxy groups -OCH3 is 2. The predicted molar refractivity (Wildman–Crippen MR) is 108 cm³/mol. The lowest BCUT2D eigenvalue weighted by atomic mass is 10.1. The van der Waals surface area contributed by atoms with Gasteiger partial charge in [0.1, 0.15) is 16.3 Å². The Balaban J connectivity index is 1.66. The average molecular weight is 421 g/mol. The maximum absolute atomic E-state index is 13.0. The summed E-state index contributed by atoms with van der Waals surface area (Å²) in [6.07, 6.45) is 2.53. The third-order valence-electron chi connectivity index (χ3n) is 4.93. The van der Waals surface area contributed by atoms with E-state index in [4.69, 9.17) is 9.47 Å². The maximum Gasteiger partial charge on any atom is 0.262 e. The van der Waals surface area contributed by atoms with Gasteiger partial charge in [0.25, 0.3) is 5.56 Å². The Morgan fingerprint density at radius 1 is 1.18 bits per heavy atom. The average Bonchev–Trinajstić information content (AvgIpc) is 3.04. The number of sulfone groups is 1. The van der Waals surface area contributed by atoms with Crippen LogP contribution in [-0.2, 0) is 35.0 Å². The molecule has 1 aliphatic rings. The van der Waals surface area contributed by atoms with Gasteiger partial charge in [-0.2, -0.15) is 0 Å². The van der Waals surface area contributed by atoms with E-state index in [2.05, 4.69) is 4.98 Å². The zero-order valence-corrected chi connectivity index (χ0v) is 17.2. The van der Waals surface area contributed by atoms with E-state index >= 15 is 0 Å². The van der Waals surface area contributed by atoms with Crippen molar-refractivity contribution in [1.82, 2.24) is 9.55 Å². The van der Waals surface area contributed by atoms with Gasteiger partial charge in [0, 0.05) is 17.5 Å². The molecule has 0 aliphatic carbocycles. The molecular weight excluding hydrogens is 400 g/mol. The highest BCUT2D eigenvalue weighted by Gasteiger charge is 2.27. The molecule has 9 heteroatoms. The second-order valence-corrected chi connectivity index (χ2v) is 10.0. The van der Waals surface area contributed by atoms with E-state index in [-0.39, 0.29) is 17.1 Å². The van der Waals surface area contributed by atoms with Crippen LogP contribution in [0.15, 0.2) is 29.3 Å². The zero-order chi connectivity index (χ0) is 19.9. The van der Waals surface area contributed by atoms with Crippen LogP contribution in [0.25, 0.3) is 10.2 Å². The van der Waals surface area contributed by atoms with Crippen LogP contribution < -0.4 is 15.0 Å². The van der Waals surface area contributed by atoms with Crippen LogP contribution in [0.5, 0.6) is 11.5 Å². The summed E-state index contributed by atoms with van der Waals surface area (Å²) in [6.45, 7) is 0.459. The molecular formula is C19H20N2O5S2. The van der Waals surface area contributed by atoms with Gasteiger partial charge >= 0.3 is 0 Å². The number of ether oxygens (including phenoxy) is 2. The van der Waals surface area contributed by atoms with Crippen LogP contribution in [-0.4, -0.2) is 37.9 Å². The molecule has 0 bridgehead atoms. The fraction of sp³-hybridized carbons (Fsp3) is 0.368. The molecule has 0 spiro atoms. The molecule has 0 radical (unpaired) electrons. The molecule has 1 aliphatic heterocycles. The van der Waals surface area contributed by atoms with E-state index in [0.29, 0.717) is 41.1 Å². The van der Waals surface area contributed by atoms with E-state index in [1.54, 1.807) is 31.2 Å². The Bertz CT molecular complexity index is 1190. The highest BCUT2D eigenvalue weighted by atomic mass is 32.2. The normalized spacial score (nSPS) is 15.4. The molecule has 0 fully saturated rings.